The maximum Gasteiger partial charge on any atom is 0.300 e. The number of carbonyl (C=O) groups is 1. The third-order valence-electron chi connectivity index (χ3n) is 0. The number of halogens is 1. The number of rotatable bonds is 0. The summed E-state index contributed by atoms with van der Waals surface area (Å²) in [6.45, 7) is 1.08. The van der Waals surface area contributed by atoms with Gasteiger partial charge in [0.2, 0.25) is 0 Å². The Labute approximate surface area is 53.1 Å². The molecule has 0 saturated carbocycles. The third kappa shape index (κ3) is 544. The minimum Gasteiger partial charge on any atom is -0.481 e. The molecular formula is C2H8AlClO2. The Morgan fingerprint density at radius 2 is 1.67 bits per heavy atom. The van der Waals surface area contributed by atoms with Gasteiger partial charge in [-0.15, -0.1) is 12.4 Å². The number of hydrogen-bond acceptors (Lipinski definition) is 1. The smallest absolute Gasteiger partial charge is 0.300 e. The summed E-state index contributed by atoms with van der Waals surface area (Å²) in [7, 11) is 0. The standard InChI is InChI=1S/C2H4O2.Al.ClH.3H/c1-2(3)4;;;;;/h1H3,(H,3,4);;1H;;;. The van der Waals surface area contributed by atoms with Crippen molar-refractivity contribution in [3.05, 3.63) is 0 Å². The molecule has 0 aliphatic carbocycles. The van der Waals surface area contributed by atoms with Gasteiger partial charge in [0.05, 0.1) is 0 Å². The Morgan fingerprint density at radius 3 is 1.67 bits per heavy atom. The van der Waals surface area contributed by atoms with Crippen LogP contribution in [0, 0.1) is 0 Å². The van der Waals surface area contributed by atoms with Gasteiger partial charge in [0.15, 0.2) is 17.4 Å². The Bertz CT molecular complexity index is 34.5. The van der Waals surface area contributed by atoms with Gasteiger partial charge in [-0.25, -0.2) is 0 Å². The maximum absolute atomic E-state index is 9.00. The summed E-state index contributed by atoms with van der Waals surface area (Å²) in [5.74, 6) is -0.833. The van der Waals surface area contributed by atoms with Gasteiger partial charge in [0, 0.05) is 6.92 Å². The van der Waals surface area contributed by atoms with Gasteiger partial charge in [-0.1, -0.05) is 0 Å². The molecule has 0 rings (SSSR count). The number of carboxylic acids is 1. The zero-order chi connectivity index (χ0) is 3.58. The van der Waals surface area contributed by atoms with Crippen molar-refractivity contribution < 1.29 is 9.90 Å². The van der Waals surface area contributed by atoms with E-state index in [1.54, 1.807) is 0 Å². The summed E-state index contributed by atoms with van der Waals surface area (Å²) >= 11 is 0. The molecule has 0 aliphatic heterocycles. The van der Waals surface area contributed by atoms with Gasteiger partial charge in [-0.2, -0.15) is 0 Å². The van der Waals surface area contributed by atoms with E-state index in [4.69, 9.17) is 9.90 Å². The molecule has 1 N–H and O–H groups in total. The highest BCUT2D eigenvalue weighted by atomic mass is 35.5. The molecular weight excluding hydrogens is 118 g/mol. The predicted octanol–water partition coefficient (Wildman–Crippen LogP) is -0.671. The second kappa shape index (κ2) is 9.00. The van der Waals surface area contributed by atoms with Crippen molar-refractivity contribution in [3.63, 3.8) is 0 Å². The van der Waals surface area contributed by atoms with Crippen LogP contribution in [0.5, 0.6) is 0 Å². The van der Waals surface area contributed by atoms with Gasteiger partial charge in [-0.3, -0.25) is 4.79 Å². The lowest BCUT2D eigenvalue weighted by atomic mass is 10.9. The van der Waals surface area contributed by atoms with E-state index in [9.17, 15) is 0 Å². The third-order valence-corrected chi connectivity index (χ3v) is 0. The van der Waals surface area contributed by atoms with Gasteiger partial charge < -0.3 is 5.11 Å². The van der Waals surface area contributed by atoms with Gasteiger partial charge in [0.1, 0.15) is 0 Å². The van der Waals surface area contributed by atoms with E-state index in [0.717, 1.165) is 6.92 Å². The lowest BCUT2D eigenvalue weighted by molar-refractivity contribution is -0.134. The molecule has 0 radical (unpaired) electrons. The normalized spacial score (nSPS) is 4.17. The van der Waals surface area contributed by atoms with Crippen molar-refractivity contribution in [1.82, 2.24) is 0 Å². The highest BCUT2D eigenvalue weighted by Gasteiger charge is 1.65. The van der Waals surface area contributed by atoms with E-state index < -0.39 is 5.97 Å². The van der Waals surface area contributed by atoms with Gasteiger partial charge in [-0.05, 0) is 0 Å². The molecule has 0 aliphatic rings. The first-order valence-corrected chi connectivity index (χ1v) is 0.928. The van der Waals surface area contributed by atoms with E-state index in [-0.39, 0.29) is 29.8 Å². The predicted molar refractivity (Wildman–Crippen MR) is 30.5 cm³/mol. The zero-order valence-corrected chi connectivity index (χ0v) is 3.58. The van der Waals surface area contributed by atoms with Crippen LogP contribution in [0.3, 0.4) is 0 Å². The van der Waals surface area contributed by atoms with Crippen molar-refractivity contribution in [1.29, 1.82) is 0 Å². The van der Waals surface area contributed by atoms with E-state index in [1.807, 2.05) is 0 Å². The molecule has 6 heavy (non-hydrogen) atoms. The van der Waals surface area contributed by atoms with E-state index in [1.165, 1.54) is 0 Å². The molecule has 0 aromatic heterocycles. The number of aliphatic carboxylic acids is 1. The van der Waals surface area contributed by atoms with Crippen LogP contribution in [0.2, 0.25) is 0 Å². The first-order chi connectivity index (χ1) is 1.73. The number of hydrogen-bond donors (Lipinski definition) is 1. The molecule has 0 heterocycles. The average Bonchev–Trinajstić information content (AvgIpc) is 0.811. The molecule has 0 amide bonds. The minimum atomic E-state index is -0.833. The molecule has 4 heteroatoms. The lowest BCUT2D eigenvalue weighted by Gasteiger charge is -1.59. The summed E-state index contributed by atoms with van der Waals surface area (Å²) in [6, 6.07) is 0. The topological polar surface area (TPSA) is 37.3 Å². The van der Waals surface area contributed by atoms with Crippen molar-refractivity contribution in [2.24, 2.45) is 0 Å². The minimum absolute atomic E-state index is 0. The van der Waals surface area contributed by atoms with E-state index >= 15 is 0 Å². The fourth-order valence-corrected chi connectivity index (χ4v) is 0. The van der Waals surface area contributed by atoms with Gasteiger partial charge in [0.25, 0.3) is 5.97 Å². The van der Waals surface area contributed by atoms with Crippen molar-refractivity contribution >= 4 is 35.7 Å². The Hall–Kier alpha value is 0.292. The maximum atomic E-state index is 9.00. The highest BCUT2D eigenvalue weighted by molar-refractivity contribution is 5.85. The Balaban J connectivity index is -0.0000000450. The molecule has 0 saturated heterocycles. The molecule has 0 spiro atoms. The van der Waals surface area contributed by atoms with Gasteiger partial charge >= 0.3 is 0 Å². The molecule has 0 bridgehead atoms. The number of carboxylic acid groups (broad SMARTS) is 1. The summed E-state index contributed by atoms with van der Waals surface area (Å²) in [6.07, 6.45) is 0. The fraction of sp³-hybridized carbons (Fsp3) is 0.500. The first kappa shape index (κ1) is 16.3. The Morgan fingerprint density at radius 1 is 1.67 bits per heavy atom. The van der Waals surface area contributed by atoms with Crippen LogP contribution in [0.25, 0.3) is 0 Å². The quantitative estimate of drug-likeness (QED) is 0.437. The first-order valence-electron chi connectivity index (χ1n) is 0.928. The van der Waals surface area contributed by atoms with Crippen LogP contribution in [0.4, 0.5) is 0 Å². The summed E-state index contributed by atoms with van der Waals surface area (Å²) in [4.78, 5) is 9.00. The molecule has 0 atom stereocenters. The molecule has 0 aromatic carbocycles. The molecule has 38 valence electrons. The van der Waals surface area contributed by atoms with Crippen molar-refractivity contribution in [3.8, 4) is 0 Å². The van der Waals surface area contributed by atoms with Crippen LogP contribution >= 0.6 is 12.4 Å². The molecule has 0 aromatic rings. The second-order valence-electron chi connectivity index (χ2n) is 0.519. The average molecular weight is 127 g/mol. The van der Waals surface area contributed by atoms with Crippen LogP contribution in [-0.2, 0) is 4.79 Å². The monoisotopic (exact) mass is 126 g/mol. The van der Waals surface area contributed by atoms with Crippen LogP contribution in [0.1, 0.15) is 6.92 Å². The summed E-state index contributed by atoms with van der Waals surface area (Å²) < 4.78 is 0. The largest absolute Gasteiger partial charge is 0.481 e. The van der Waals surface area contributed by atoms with E-state index in [2.05, 4.69) is 0 Å². The SMILES string of the molecule is CC(=O)O.Cl.[AlH3]. The van der Waals surface area contributed by atoms with E-state index in [0.29, 0.717) is 0 Å². The van der Waals surface area contributed by atoms with Crippen LogP contribution < -0.4 is 0 Å². The van der Waals surface area contributed by atoms with Crippen LogP contribution in [0.15, 0.2) is 0 Å². The van der Waals surface area contributed by atoms with Crippen molar-refractivity contribution in [2.45, 2.75) is 6.92 Å². The molecule has 0 unspecified atom stereocenters. The summed E-state index contributed by atoms with van der Waals surface area (Å²) in [5, 5.41) is 7.42. The summed E-state index contributed by atoms with van der Waals surface area (Å²) in [5.41, 5.74) is 0. The fourth-order valence-electron chi connectivity index (χ4n) is 0. The molecule has 2 nitrogen and oxygen atoms in total. The molecule has 0 fully saturated rings. The lowest BCUT2D eigenvalue weighted by Crippen LogP contribution is -1.78. The van der Waals surface area contributed by atoms with Crippen molar-refractivity contribution in [2.75, 3.05) is 0 Å². The highest BCUT2D eigenvalue weighted by Crippen LogP contribution is 1.42. The Kier molecular flexibility index (Phi) is 24.4. The zero-order valence-electron chi connectivity index (χ0n) is 2.76. The van der Waals surface area contributed by atoms with Crippen LogP contribution in [-0.4, -0.2) is 28.4 Å². The second-order valence-corrected chi connectivity index (χ2v) is 0.519.